The van der Waals surface area contributed by atoms with Crippen molar-refractivity contribution < 1.29 is 9.18 Å². The molecule has 0 saturated carbocycles. The number of amides is 2. The van der Waals surface area contributed by atoms with E-state index in [9.17, 15) is 9.18 Å². The second-order valence-electron chi connectivity index (χ2n) is 4.84. The summed E-state index contributed by atoms with van der Waals surface area (Å²) in [5.41, 5.74) is 2.20. The average molecular weight is 298 g/mol. The summed E-state index contributed by atoms with van der Waals surface area (Å²) in [5, 5.41) is 5.30. The summed E-state index contributed by atoms with van der Waals surface area (Å²) >= 11 is 0. The average Bonchev–Trinajstić information content (AvgIpc) is 2.90. The molecule has 0 spiro atoms. The number of carbonyl (C=O) groups is 1. The lowest BCUT2D eigenvalue weighted by atomic mass is 10.3. The van der Waals surface area contributed by atoms with Crippen LogP contribution in [0.15, 0.2) is 54.9 Å². The van der Waals surface area contributed by atoms with E-state index in [2.05, 4.69) is 15.6 Å². The smallest absolute Gasteiger partial charge is 0.319 e. The van der Waals surface area contributed by atoms with Crippen LogP contribution in [0.3, 0.4) is 0 Å². The SMILES string of the molecule is O=C(NCCc1cn2ccccc2n1)Nc1cccc(F)c1. The minimum absolute atomic E-state index is 0.366. The Balaban J connectivity index is 1.51. The first-order valence-electron chi connectivity index (χ1n) is 6.94. The summed E-state index contributed by atoms with van der Waals surface area (Å²) in [6.45, 7) is 0.449. The van der Waals surface area contributed by atoms with Crippen LogP contribution in [0.1, 0.15) is 5.69 Å². The van der Waals surface area contributed by atoms with Gasteiger partial charge in [-0.25, -0.2) is 14.2 Å². The van der Waals surface area contributed by atoms with Gasteiger partial charge >= 0.3 is 6.03 Å². The molecule has 22 heavy (non-hydrogen) atoms. The van der Waals surface area contributed by atoms with Gasteiger partial charge in [-0.15, -0.1) is 0 Å². The van der Waals surface area contributed by atoms with Crippen LogP contribution in [-0.4, -0.2) is 22.0 Å². The van der Waals surface area contributed by atoms with E-state index >= 15 is 0 Å². The molecule has 5 nitrogen and oxygen atoms in total. The summed E-state index contributed by atoms with van der Waals surface area (Å²) in [5.74, 6) is -0.387. The molecule has 0 radical (unpaired) electrons. The van der Waals surface area contributed by atoms with E-state index in [0.29, 0.717) is 18.7 Å². The standard InChI is InChI=1S/C16H15FN4O/c17-12-4-3-5-13(10-12)20-16(22)18-8-7-14-11-21-9-2-1-6-15(21)19-14/h1-6,9-11H,7-8H2,(H2,18,20,22). The number of rotatable bonds is 4. The minimum Gasteiger partial charge on any atom is -0.337 e. The number of halogens is 1. The van der Waals surface area contributed by atoms with E-state index in [4.69, 9.17) is 0 Å². The predicted octanol–water partition coefficient (Wildman–Crippen LogP) is 2.84. The number of anilines is 1. The van der Waals surface area contributed by atoms with E-state index in [1.54, 1.807) is 12.1 Å². The lowest BCUT2D eigenvalue weighted by Gasteiger charge is -2.06. The van der Waals surface area contributed by atoms with Gasteiger partial charge in [-0.3, -0.25) is 0 Å². The first-order chi connectivity index (χ1) is 10.7. The van der Waals surface area contributed by atoms with Gasteiger partial charge in [-0.1, -0.05) is 12.1 Å². The third-order valence-corrected chi connectivity index (χ3v) is 3.16. The number of hydrogen-bond donors (Lipinski definition) is 2. The maximum Gasteiger partial charge on any atom is 0.319 e. The van der Waals surface area contributed by atoms with Crippen molar-refractivity contribution in [3.8, 4) is 0 Å². The zero-order chi connectivity index (χ0) is 15.4. The molecule has 3 aromatic rings. The number of urea groups is 1. The molecule has 2 heterocycles. The van der Waals surface area contributed by atoms with Crippen LogP contribution in [0.25, 0.3) is 5.65 Å². The normalized spacial score (nSPS) is 10.6. The molecule has 0 atom stereocenters. The van der Waals surface area contributed by atoms with Crippen molar-refractivity contribution in [3.05, 3.63) is 66.4 Å². The van der Waals surface area contributed by atoms with Gasteiger partial charge in [0, 0.05) is 31.0 Å². The highest BCUT2D eigenvalue weighted by atomic mass is 19.1. The molecule has 0 saturated heterocycles. The van der Waals surface area contributed by atoms with Crippen molar-refractivity contribution in [3.63, 3.8) is 0 Å². The Morgan fingerprint density at radius 1 is 1.23 bits per heavy atom. The zero-order valence-electron chi connectivity index (χ0n) is 11.8. The molecule has 0 aliphatic rings. The number of nitrogens with zero attached hydrogens (tertiary/aromatic N) is 2. The monoisotopic (exact) mass is 298 g/mol. The van der Waals surface area contributed by atoms with E-state index in [1.807, 2.05) is 35.0 Å². The molecular formula is C16H15FN4O. The molecular weight excluding hydrogens is 283 g/mol. The summed E-state index contributed by atoms with van der Waals surface area (Å²) in [7, 11) is 0. The van der Waals surface area contributed by atoms with Crippen molar-refractivity contribution in [2.24, 2.45) is 0 Å². The number of pyridine rings is 1. The van der Waals surface area contributed by atoms with Gasteiger partial charge in [0.15, 0.2) is 0 Å². The van der Waals surface area contributed by atoms with Gasteiger partial charge in [-0.2, -0.15) is 0 Å². The summed E-state index contributed by atoms with van der Waals surface area (Å²) in [6.07, 6.45) is 4.48. The maximum absolute atomic E-state index is 13.0. The quantitative estimate of drug-likeness (QED) is 0.778. The predicted molar refractivity (Wildman–Crippen MR) is 82.3 cm³/mol. The Labute approximate surface area is 126 Å². The van der Waals surface area contributed by atoms with Crippen molar-refractivity contribution in [1.29, 1.82) is 0 Å². The lowest BCUT2D eigenvalue weighted by molar-refractivity contribution is 0.252. The van der Waals surface area contributed by atoms with Crippen molar-refractivity contribution >= 4 is 17.4 Å². The third-order valence-electron chi connectivity index (χ3n) is 3.16. The maximum atomic E-state index is 13.0. The highest BCUT2D eigenvalue weighted by Crippen LogP contribution is 2.08. The van der Waals surface area contributed by atoms with Gasteiger partial charge in [0.05, 0.1) is 5.69 Å². The Morgan fingerprint density at radius 2 is 2.14 bits per heavy atom. The minimum atomic E-state index is -0.387. The fraction of sp³-hybridized carbons (Fsp3) is 0.125. The summed E-state index contributed by atoms with van der Waals surface area (Å²) in [4.78, 5) is 16.2. The molecule has 6 heteroatoms. The van der Waals surface area contributed by atoms with Crippen LogP contribution in [0, 0.1) is 5.82 Å². The number of imidazole rings is 1. The second-order valence-corrected chi connectivity index (χ2v) is 4.84. The highest BCUT2D eigenvalue weighted by molar-refractivity contribution is 5.89. The Morgan fingerprint density at radius 3 is 2.95 bits per heavy atom. The molecule has 1 aromatic carbocycles. The zero-order valence-corrected chi connectivity index (χ0v) is 11.8. The van der Waals surface area contributed by atoms with Crippen LogP contribution in [0.5, 0.6) is 0 Å². The van der Waals surface area contributed by atoms with Crippen molar-refractivity contribution in [1.82, 2.24) is 14.7 Å². The fourth-order valence-electron chi connectivity index (χ4n) is 2.15. The number of carbonyl (C=O) groups excluding carboxylic acids is 1. The van der Waals surface area contributed by atoms with Gasteiger partial charge in [0.25, 0.3) is 0 Å². The molecule has 0 aliphatic carbocycles. The summed E-state index contributed by atoms with van der Waals surface area (Å²) in [6, 6.07) is 11.2. The third kappa shape index (κ3) is 3.41. The molecule has 0 fully saturated rings. The van der Waals surface area contributed by atoms with Crippen LogP contribution in [0.2, 0.25) is 0 Å². The topological polar surface area (TPSA) is 58.4 Å². The van der Waals surface area contributed by atoms with Crippen molar-refractivity contribution in [2.45, 2.75) is 6.42 Å². The molecule has 3 rings (SSSR count). The van der Waals surface area contributed by atoms with E-state index in [-0.39, 0.29) is 11.8 Å². The molecule has 2 aromatic heterocycles. The largest absolute Gasteiger partial charge is 0.337 e. The van der Waals surface area contributed by atoms with Crippen LogP contribution in [-0.2, 0) is 6.42 Å². The highest BCUT2D eigenvalue weighted by Gasteiger charge is 2.04. The van der Waals surface area contributed by atoms with E-state index < -0.39 is 0 Å². The number of nitrogens with one attached hydrogen (secondary N) is 2. The first kappa shape index (κ1) is 14.1. The molecule has 0 bridgehead atoms. The molecule has 0 unspecified atom stereocenters. The number of fused-ring (bicyclic) bond motifs is 1. The fourth-order valence-corrected chi connectivity index (χ4v) is 2.15. The number of benzene rings is 1. The Hall–Kier alpha value is -2.89. The van der Waals surface area contributed by atoms with Gasteiger partial charge in [0.1, 0.15) is 11.5 Å². The van der Waals surface area contributed by atoms with Gasteiger partial charge in [0.2, 0.25) is 0 Å². The van der Waals surface area contributed by atoms with Gasteiger partial charge in [-0.05, 0) is 30.3 Å². The van der Waals surface area contributed by atoms with E-state index in [0.717, 1.165) is 11.3 Å². The van der Waals surface area contributed by atoms with Crippen LogP contribution >= 0.6 is 0 Å². The summed E-state index contributed by atoms with van der Waals surface area (Å²) < 4.78 is 14.9. The molecule has 112 valence electrons. The molecule has 0 aliphatic heterocycles. The molecule has 2 amide bonds. The van der Waals surface area contributed by atoms with Crippen LogP contribution in [0.4, 0.5) is 14.9 Å². The lowest BCUT2D eigenvalue weighted by Crippen LogP contribution is -2.30. The Bertz CT molecular complexity index is 766. The van der Waals surface area contributed by atoms with Gasteiger partial charge < -0.3 is 15.0 Å². The van der Waals surface area contributed by atoms with E-state index in [1.165, 1.54) is 12.1 Å². The van der Waals surface area contributed by atoms with Crippen molar-refractivity contribution in [2.75, 3.05) is 11.9 Å². The second kappa shape index (κ2) is 6.26. The molecule has 2 N–H and O–H groups in total. The van der Waals surface area contributed by atoms with Crippen LogP contribution < -0.4 is 10.6 Å². The number of aromatic nitrogens is 2. The first-order valence-corrected chi connectivity index (χ1v) is 6.94. The Kier molecular flexibility index (Phi) is 4.00. The number of hydrogen-bond acceptors (Lipinski definition) is 2.